The normalized spacial score (nSPS) is 9.93. The van der Waals surface area contributed by atoms with Gasteiger partial charge in [-0.05, 0) is 11.1 Å². The number of hydrogen-bond donors (Lipinski definition) is 0. The number of aldehydes is 1. The molecular weight excluding hydrogens is 174 g/mol. The van der Waals surface area contributed by atoms with Crippen molar-refractivity contribution in [2.45, 2.75) is 12.8 Å². The summed E-state index contributed by atoms with van der Waals surface area (Å²) in [4.78, 5) is 10.0. The third-order valence-corrected chi connectivity index (χ3v) is 1.81. The molecule has 0 aliphatic rings. The van der Waals surface area contributed by atoms with E-state index < -0.39 is 0 Å². The van der Waals surface area contributed by atoms with Crippen molar-refractivity contribution >= 4 is 12.4 Å². The molecule has 1 aromatic rings. The second-order valence-electron chi connectivity index (χ2n) is 2.88. The Hall–Kier alpha value is -1.88. The fourth-order valence-corrected chi connectivity index (χ4v) is 1.10. The lowest BCUT2D eigenvalue weighted by Gasteiger charge is -1.95. The molecule has 0 atom stereocenters. The number of allylic oxidation sites excluding steroid dienone is 1. The minimum atomic E-state index is 0.443. The molecule has 0 saturated heterocycles. The van der Waals surface area contributed by atoms with E-state index in [2.05, 4.69) is 6.07 Å². The van der Waals surface area contributed by atoms with E-state index >= 15 is 0 Å². The summed E-state index contributed by atoms with van der Waals surface area (Å²) in [5, 5.41) is 8.46. The SMILES string of the molecule is N#CCc1ccc(C=CCC=O)cc1. The van der Waals surface area contributed by atoms with E-state index in [0.717, 1.165) is 17.4 Å². The third-order valence-electron chi connectivity index (χ3n) is 1.81. The smallest absolute Gasteiger partial charge is 0.123 e. The largest absolute Gasteiger partial charge is 0.303 e. The first-order valence-corrected chi connectivity index (χ1v) is 4.43. The zero-order chi connectivity index (χ0) is 10.2. The first-order chi connectivity index (χ1) is 6.86. The van der Waals surface area contributed by atoms with Crippen LogP contribution in [0.5, 0.6) is 0 Å². The van der Waals surface area contributed by atoms with Crippen LogP contribution < -0.4 is 0 Å². The molecule has 1 aromatic carbocycles. The van der Waals surface area contributed by atoms with Crippen molar-refractivity contribution in [3.05, 3.63) is 41.5 Å². The van der Waals surface area contributed by atoms with Gasteiger partial charge in [-0.15, -0.1) is 0 Å². The highest BCUT2D eigenvalue weighted by Crippen LogP contribution is 2.06. The van der Waals surface area contributed by atoms with E-state index in [-0.39, 0.29) is 0 Å². The summed E-state index contributed by atoms with van der Waals surface area (Å²) in [6.07, 6.45) is 5.45. The highest BCUT2D eigenvalue weighted by atomic mass is 16.1. The minimum absolute atomic E-state index is 0.443. The number of benzene rings is 1. The Bertz CT molecular complexity index is 357. The Morgan fingerprint density at radius 3 is 2.57 bits per heavy atom. The topological polar surface area (TPSA) is 40.9 Å². The average molecular weight is 185 g/mol. The van der Waals surface area contributed by atoms with Crippen molar-refractivity contribution in [3.63, 3.8) is 0 Å². The Kier molecular flexibility index (Phi) is 4.16. The van der Waals surface area contributed by atoms with Crippen LogP contribution in [0, 0.1) is 11.3 Å². The molecule has 0 aliphatic heterocycles. The van der Waals surface area contributed by atoms with Gasteiger partial charge in [-0.3, -0.25) is 0 Å². The maximum Gasteiger partial charge on any atom is 0.123 e. The highest BCUT2D eigenvalue weighted by Gasteiger charge is 1.90. The summed E-state index contributed by atoms with van der Waals surface area (Å²) in [5.41, 5.74) is 2.06. The van der Waals surface area contributed by atoms with Gasteiger partial charge in [-0.25, -0.2) is 0 Å². The molecule has 0 aliphatic carbocycles. The van der Waals surface area contributed by atoms with E-state index in [9.17, 15) is 4.79 Å². The predicted molar refractivity (Wildman–Crippen MR) is 55.5 cm³/mol. The molecule has 0 aromatic heterocycles. The number of nitrogens with zero attached hydrogens (tertiary/aromatic N) is 1. The predicted octanol–water partition coefficient (Wildman–Crippen LogP) is 2.35. The van der Waals surface area contributed by atoms with Gasteiger partial charge in [0, 0.05) is 6.42 Å². The van der Waals surface area contributed by atoms with Crippen molar-refractivity contribution < 1.29 is 4.79 Å². The molecule has 0 saturated carbocycles. The lowest BCUT2D eigenvalue weighted by atomic mass is 10.1. The van der Waals surface area contributed by atoms with Gasteiger partial charge in [0.15, 0.2) is 0 Å². The van der Waals surface area contributed by atoms with E-state index in [4.69, 9.17) is 5.26 Å². The van der Waals surface area contributed by atoms with Gasteiger partial charge in [0.25, 0.3) is 0 Å². The quantitative estimate of drug-likeness (QED) is 0.675. The van der Waals surface area contributed by atoms with Crippen molar-refractivity contribution in [2.75, 3.05) is 0 Å². The molecule has 70 valence electrons. The lowest BCUT2D eigenvalue weighted by Crippen LogP contribution is -1.80. The Balaban J connectivity index is 2.64. The molecule has 2 nitrogen and oxygen atoms in total. The Morgan fingerprint density at radius 1 is 1.29 bits per heavy atom. The first-order valence-electron chi connectivity index (χ1n) is 4.43. The molecule has 0 N–H and O–H groups in total. The van der Waals surface area contributed by atoms with Gasteiger partial charge < -0.3 is 4.79 Å². The number of hydrogen-bond acceptors (Lipinski definition) is 2. The number of nitriles is 1. The zero-order valence-corrected chi connectivity index (χ0v) is 7.81. The molecule has 2 heteroatoms. The number of rotatable bonds is 4. The van der Waals surface area contributed by atoms with Crippen LogP contribution in [0.4, 0.5) is 0 Å². The summed E-state index contributed by atoms with van der Waals surface area (Å²) in [7, 11) is 0. The molecule has 0 fully saturated rings. The van der Waals surface area contributed by atoms with Crippen molar-refractivity contribution in [2.24, 2.45) is 0 Å². The number of carbonyl (C=O) groups excluding carboxylic acids is 1. The monoisotopic (exact) mass is 185 g/mol. The molecular formula is C12H11NO. The maximum absolute atomic E-state index is 10.0. The zero-order valence-electron chi connectivity index (χ0n) is 7.81. The second kappa shape index (κ2) is 5.71. The summed E-state index contributed by atoms with van der Waals surface area (Å²) in [6.45, 7) is 0. The van der Waals surface area contributed by atoms with Crippen LogP contribution in [0.2, 0.25) is 0 Å². The summed E-state index contributed by atoms with van der Waals surface area (Å²) < 4.78 is 0. The van der Waals surface area contributed by atoms with E-state index in [0.29, 0.717) is 12.8 Å². The van der Waals surface area contributed by atoms with Gasteiger partial charge in [-0.2, -0.15) is 5.26 Å². The van der Waals surface area contributed by atoms with Gasteiger partial charge in [0.2, 0.25) is 0 Å². The van der Waals surface area contributed by atoms with Crippen LogP contribution in [0.1, 0.15) is 17.5 Å². The van der Waals surface area contributed by atoms with Gasteiger partial charge in [0.1, 0.15) is 6.29 Å². The fraction of sp³-hybridized carbons (Fsp3) is 0.167. The van der Waals surface area contributed by atoms with Gasteiger partial charge in [-0.1, -0.05) is 36.4 Å². The molecule has 14 heavy (non-hydrogen) atoms. The average Bonchev–Trinajstić information content (AvgIpc) is 2.21. The Morgan fingerprint density at radius 2 is 2.00 bits per heavy atom. The summed E-state index contributed by atoms with van der Waals surface area (Å²) >= 11 is 0. The van der Waals surface area contributed by atoms with Crippen molar-refractivity contribution in [1.82, 2.24) is 0 Å². The van der Waals surface area contributed by atoms with Crippen LogP contribution in [0.3, 0.4) is 0 Å². The van der Waals surface area contributed by atoms with Crippen LogP contribution in [0.15, 0.2) is 30.3 Å². The molecule has 0 heterocycles. The van der Waals surface area contributed by atoms with Crippen molar-refractivity contribution in [3.8, 4) is 6.07 Å². The van der Waals surface area contributed by atoms with Crippen molar-refractivity contribution in [1.29, 1.82) is 5.26 Å². The van der Waals surface area contributed by atoms with Gasteiger partial charge >= 0.3 is 0 Å². The molecule has 0 radical (unpaired) electrons. The summed E-state index contributed by atoms with van der Waals surface area (Å²) in [6, 6.07) is 9.81. The summed E-state index contributed by atoms with van der Waals surface area (Å²) in [5.74, 6) is 0. The standard InChI is InChI=1S/C12H11NO/c13-9-8-12-6-4-11(5-7-12)3-1-2-10-14/h1,3-7,10H,2,8H2. The molecule has 0 spiro atoms. The second-order valence-corrected chi connectivity index (χ2v) is 2.88. The lowest BCUT2D eigenvalue weighted by molar-refractivity contribution is -0.107. The molecule has 1 rings (SSSR count). The van der Waals surface area contributed by atoms with E-state index in [1.807, 2.05) is 36.4 Å². The van der Waals surface area contributed by atoms with Gasteiger partial charge in [0.05, 0.1) is 12.5 Å². The highest BCUT2D eigenvalue weighted by molar-refractivity contribution is 5.58. The van der Waals surface area contributed by atoms with E-state index in [1.165, 1.54) is 0 Å². The molecule has 0 bridgehead atoms. The van der Waals surface area contributed by atoms with Crippen LogP contribution >= 0.6 is 0 Å². The Labute approximate surface area is 83.5 Å². The fourth-order valence-electron chi connectivity index (χ4n) is 1.10. The first kappa shape index (κ1) is 10.2. The van der Waals surface area contributed by atoms with Crippen LogP contribution in [0.25, 0.3) is 6.08 Å². The third kappa shape index (κ3) is 3.24. The van der Waals surface area contributed by atoms with Crippen LogP contribution in [-0.2, 0) is 11.2 Å². The van der Waals surface area contributed by atoms with E-state index in [1.54, 1.807) is 0 Å². The molecule has 0 amide bonds. The maximum atomic E-state index is 10.0. The molecule has 0 unspecified atom stereocenters. The number of carbonyl (C=O) groups is 1. The minimum Gasteiger partial charge on any atom is -0.303 e. The van der Waals surface area contributed by atoms with Crippen LogP contribution in [-0.4, -0.2) is 6.29 Å².